The molecule has 3 nitrogen and oxygen atoms in total. The summed E-state index contributed by atoms with van der Waals surface area (Å²) in [5, 5.41) is 0. The van der Waals surface area contributed by atoms with E-state index in [4.69, 9.17) is 9.15 Å². The number of rotatable bonds is 4. The van der Waals surface area contributed by atoms with Crippen LogP contribution in [-0.4, -0.2) is 6.29 Å². The number of ether oxygens (including phenoxy) is 1. The predicted molar refractivity (Wildman–Crippen MR) is 59.6 cm³/mol. The van der Waals surface area contributed by atoms with Crippen LogP contribution in [0.5, 0.6) is 5.75 Å². The SMILES string of the molecule is Cc1ccc(C=O)cc1OCc1ccco1. The van der Waals surface area contributed by atoms with E-state index in [-0.39, 0.29) is 0 Å². The van der Waals surface area contributed by atoms with E-state index in [1.165, 1.54) is 0 Å². The smallest absolute Gasteiger partial charge is 0.150 e. The quantitative estimate of drug-likeness (QED) is 0.737. The molecule has 2 rings (SSSR count). The topological polar surface area (TPSA) is 39.4 Å². The van der Waals surface area contributed by atoms with Crippen LogP contribution in [0, 0.1) is 6.92 Å². The van der Waals surface area contributed by atoms with Gasteiger partial charge < -0.3 is 9.15 Å². The highest BCUT2D eigenvalue weighted by Crippen LogP contribution is 2.20. The van der Waals surface area contributed by atoms with Crippen LogP contribution in [0.25, 0.3) is 0 Å². The van der Waals surface area contributed by atoms with Crippen LogP contribution in [0.2, 0.25) is 0 Å². The van der Waals surface area contributed by atoms with Crippen LogP contribution in [0.15, 0.2) is 41.0 Å². The van der Waals surface area contributed by atoms with Crippen molar-refractivity contribution in [2.24, 2.45) is 0 Å². The van der Waals surface area contributed by atoms with E-state index in [1.807, 2.05) is 25.1 Å². The second-order valence-corrected chi connectivity index (χ2v) is 3.51. The molecule has 0 aliphatic heterocycles. The highest BCUT2D eigenvalue weighted by Gasteiger charge is 2.03. The van der Waals surface area contributed by atoms with Gasteiger partial charge in [-0.3, -0.25) is 4.79 Å². The van der Waals surface area contributed by atoms with Crippen molar-refractivity contribution in [1.29, 1.82) is 0 Å². The Bertz CT molecular complexity index is 472. The summed E-state index contributed by atoms with van der Waals surface area (Å²) in [5.74, 6) is 1.47. The summed E-state index contributed by atoms with van der Waals surface area (Å²) in [7, 11) is 0. The first-order valence-electron chi connectivity index (χ1n) is 5.00. The van der Waals surface area contributed by atoms with Crippen LogP contribution < -0.4 is 4.74 Å². The van der Waals surface area contributed by atoms with Gasteiger partial charge in [0, 0.05) is 5.56 Å². The maximum Gasteiger partial charge on any atom is 0.150 e. The Morgan fingerprint density at radius 2 is 2.25 bits per heavy atom. The minimum absolute atomic E-state index is 0.371. The van der Waals surface area contributed by atoms with Gasteiger partial charge in [0.05, 0.1) is 6.26 Å². The maximum atomic E-state index is 10.6. The van der Waals surface area contributed by atoms with Crippen molar-refractivity contribution in [1.82, 2.24) is 0 Å². The summed E-state index contributed by atoms with van der Waals surface area (Å²) in [6.07, 6.45) is 2.41. The van der Waals surface area contributed by atoms with Crippen molar-refractivity contribution in [3.63, 3.8) is 0 Å². The Morgan fingerprint density at radius 3 is 2.94 bits per heavy atom. The Hall–Kier alpha value is -2.03. The minimum Gasteiger partial charge on any atom is -0.485 e. The molecule has 0 saturated carbocycles. The fourth-order valence-electron chi connectivity index (χ4n) is 1.39. The Labute approximate surface area is 93.7 Å². The number of hydrogen-bond donors (Lipinski definition) is 0. The van der Waals surface area contributed by atoms with Crippen molar-refractivity contribution < 1.29 is 13.9 Å². The molecular formula is C13H12O3. The van der Waals surface area contributed by atoms with E-state index in [0.717, 1.165) is 17.6 Å². The fraction of sp³-hybridized carbons (Fsp3) is 0.154. The molecule has 0 atom stereocenters. The fourth-order valence-corrected chi connectivity index (χ4v) is 1.39. The number of aryl methyl sites for hydroxylation is 1. The van der Waals surface area contributed by atoms with E-state index < -0.39 is 0 Å². The number of carbonyl (C=O) groups is 1. The third-order valence-electron chi connectivity index (χ3n) is 2.30. The van der Waals surface area contributed by atoms with Crippen LogP contribution in [0.1, 0.15) is 21.7 Å². The van der Waals surface area contributed by atoms with Gasteiger partial charge in [-0.15, -0.1) is 0 Å². The van der Waals surface area contributed by atoms with Gasteiger partial charge in [0.1, 0.15) is 24.4 Å². The molecule has 1 heterocycles. The van der Waals surface area contributed by atoms with Gasteiger partial charge in [0.2, 0.25) is 0 Å². The molecule has 0 N–H and O–H groups in total. The zero-order valence-corrected chi connectivity index (χ0v) is 8.97. The van der Waals surface area contributed by atoms with Crippen molar-refractivity contribution >= 4 is 6.29 Å². The van der Waals surface area contributed by atoms with Crippen molar-refractivity contribution in [3.8, 4) is 5.75 Å². The lowest BCUT2D eigenvalue weighted by molar-refractivity contribution is 0.112. The first kappa shape index (κ1) is 10.5. The highest BCUT2D eigenvalue weighted by molar-refractivity contribution is 5.75. The molecular weight excluding hydrogens is 204 g/mol. The highest BCUT2D eigenvalue weighted by atomic mass is 16.5. The average molecular weight is 216 g/mol. The molecule has 0 spiro atoms. The number of hydrogen-bond acceptors (Lipinski definition) is 3. The molecule has 0 aliphatic rings. The first-order valence-corrected chi connectivity index (χ1v) is 5.00. The molecule has 0 saturated heterocycles. The largest absolute Gasteiger partial charge is 0.485 e. The van der Waals surface area contributed by atoms with Crippen LogP contribution >= 0.6 is 0 Å². The zero-order chi connectivity index (χ0) is 11.4. The van der Waals surface area contributed by atoms with Crippen molar-refractivity contribution in [3.05, 3.63) is 53.5 Å². The number of benzene rings is 1. The van der Waals surface area contributed by atoms with Gasteiger partial charge in [-0.2, -0.15) is 0 Å². The third-order valence-corrected chi connectivity index (χ3v) is 2.30. The Kier molecular flexibility index (Phi) is 3.05. The molecule has 0 radical (unpaired) electrons. The second kappa shape index (κ2) is 4.66. The summed E-state index contributed by atoms with van der Waals surface area (Å²) in [5.41, 5.74) is 1.61. The van der Waals surface area contributed by atoms with Gasteiger partial charge >= 0.3 is 0 Å². The summed E-state index contributed by atoms with van der Waals surface area (Å²) in [4.78, 5) is 10.6. The molecule has 0 aliphatic carbocycles. The van der Waals surface area contributed by atoms with E-state index >= 15 is 0 Å². The maximum absolute atomic E-state index is 10.6. The van der Waals surface area contributed by atoms with Crippen LogP contribution in [-0.2, 0) is 6.61 Å². The Morgan fingerprint density at radius 1 is 1.38 bits per heavy atom. The number of carbonyl (C=O) groups excluding carboxylic acids is 1. The normalized spacial score (nSPS) is 10.1. The predicted octanol–water partition coefficient (Wildman–Crippen LogP) is 2.98. The van der Waals surface area contributed by atoms with Gasteiger partial charge in [-0.25, -0.2) is 0 Å². The molecule has 0 bridgehead atoms. The molecule has 3 heteroatoms. The van der Waals surface area contributed by atoms with E-state index in [9.17, 15) is 4.79 Å². The summed E-state index contributed by atoms with van der Waals surface area (Å²) < 4.78 is 10.7. The molecule has 0 fully saturated rings. The van der Waals surface area contributed by atoms with Gasteiger partial charge in [-0.1, -0.05) is 12.1 Å². The van der Waals surface area contributed by atoms with Gasteiger partial charge in [-0.05, 0) is 30.7 Å². The van der Waals surface area contributed by atoms with E-state index in [2.05, 4.69) is 0 Å². The summed E-state index contributed by atoms with van der Waals surface area (Å²) in [6.45, 7) is 2.31. The van der Waals surface area contributed by atoms with Gasteiger partial charge in [0.25, 0.3) is 0 Å². The van der Waals surface area contributed by atoms with Crippen LogP contribution in [0.3, 0.4) is 0 Å². The third kappa shape index (κ3) is 2.31. The lowest BCUT2D eigenvalue weighted by Gasteiger charge is -2.07. The molecule has 1 aromatic heterocycles. The van der Waals surface area contributed by atoms with E-state index in [1.54, 1.807) is 18.4 Å². The van der Waals surface area contributed by atoms with Crippen LogP contribution in [0.4, 0.5) is 0 Å². The summed E-state index contributed by atoms with van der Waals surface area (Å²) >= 11 is 0. The number of furan rings is 1. The lowest BCUT2D eigenvalue weighted by Crippen LogP contribution is -1.96. The number of aldehydes is 1. The minimum atomic E-state index is 0.371. The first-order chi connectivity index (χ1) is 7.79. The lowest BCUT2D eigenvalue weighted by atomic mass is 10.1. The summed E-state index contributed by atoms with van der Waals surface area (Å²) in [6, 6.07) is 9.01. The molecule has 0 unspecified atom stereocenters. The molecule has 82 valence electrons. The van der Waals surface area contributed by atoms with Crippen molar-refractivity contribution in [2.45, 2.75) is 13.5 Å². The molecule has 0 amide bonds. The van der Waals surface area contributed by atoms with Gasteiger partial charge in [0.15, 0.2) is 0 Å². The monoisotopic (exact) mass is 216 g/mol. The second-order valence-electron chi connectivity index (χ2n) is 3.51. The standard InChI is InChI=1S/C13H12O3/c1-10-4-5-11(8-14)7-13(10)16-9-12-3-2-6-15-12/h2-8H,9H2,1H3. The Balaban J connectivity index is 2.11. The molecule has 16 heavy (non-hydrogen) atoms. The average Bonchev–Trinajstić information content (AvgIpc) is 2.81. The van der Waals surface area contributed by atoms with Crippen molar-refractivity contribution in [2.75, 3.05) is 0 Å². The van der Waals surface area contributed by atoms with E-state index in [0.29, 0.717) is 17.9 Å². The zero-order valence-electron chi connectivity index (χ0n) is 8.97. The molecule has 1 aromatic carbocycles. The molecule has 2 aromatic rings.